The van der Waals surface area contributed by atoms with Crippen LogP contribution < -0.4 is 0 Å². The lowest BCUT2D eigenvalue weighted by Crippen LogP contribution is -2.18. The Kier molecular flexibility index (Phi) is 3.53. The van der Waals surface area contributed by atoms with E-state index >= 15 is 0 Å². The van der Waals surface area contributed by atoms with Gasteiger partial charge in [-0.2, -0.15) is 5.26 Å². The molecule has 1 aromatic rings. The van der Waals surface area contributed by atoms with E-state index in [0.717, 1.165) is 23.7 Å². The molecule has 0 aliphatic heterocycles. The summed E-state index contributed by atoms with van der Waals surface area (Å²) in [4.78, 5) is 0. The van der Waals surface area contributed by atoms with Crippen molar-refractivity contribution in [3.63, 3.8) is 0 Å². The molecule has 3 heteroatoms. The van der Waals surface area contributed by atoms with Crippen LogP contribution in [0.3, 0.4) is 0 Å². The maximum atomic E-state index is 13.8. The normalized spacial score (nSPS) is 28.0. The van der Waals surface area contributed by atoms with E-state index in [-0.39, 0.29) is 11.2 Å². The summed E-state index contributed by atoms with van der Waals surface area (Å²) in [6.07, 6.45) is 3.39. The smallest absolute Gasteiger partial charge is 0.127 e. The fraction of sp³-hybridized carbons (Fsp3) is 0.500. The highest BCUT2D eigenvalue weighted by Crippen LogP contribution is 2.43. The molecule has 2 rings (SSSR count). The van der Waals surface area contributed by atoms with Gasteiger partial charge in [-0.1, -0.05) is 28.9 Å². The van der Waals surface area contributed by atoms with Crippen LogP contribution in [-0.4, -0.2) is 0 Å². The monoisotopic (exact) mass is 295 g/mol. The van der Waals surface area contributed by atoms with Gasteiger partial charge in [-0.3, -0.25) is 0 Å². The first-order valence-corrected chi connectivity index (χ1v) is 6.69. The fourth-order valence-electron chi connectivity index (χ4n) is 2.73. The number of hydrogen-bond donors (Lipinski definition) is 0. The molecule has 1 aliphatic carbocycles. The summed E-state index contributed by atoms with van der Waals surface area (Å²) in [5.41, 5.74) is 0.303. The van der Waals surface area contributed by atoms with Gasteiger partial charge in [0.2, 0.25) is 0 Å². The number of hydrogen-bond acceptors (Lipinski definition) is 1. The van der Waals surface area contributed by atoms with Gasteiger partial charge in [0.15, 0.2) is 0 Å². The lowest BCUT2D eigenvalue weighted by molar-refractivity contribution is 0.384. The highest BCUT2D eigenvalue weighted by Gasteiger charge is 2.38. The second-order valence-corrected chi connectivity index (χ2v) is 6.07. The molecule has 0 amide bonds. The lowest BCUT2D eigenvalue weighted by Gasteiger charge is -2.21. The molecule has 2 unspecified atom stereocenters. The van der Waals surface area contributed by atoms with Gasteiger partial charge in [0, 0.05) is 4.47 Å². The number of rotatable bonds is 2. The van der Waals surface area contributed by atoms with Crippen LogP contribution in [0.5, 0.6) is 0 Å². The van der Waals surface area contributed by atoms with Crippen molar-refractivity contribution in [2.24, 2.45) is 11.3 Å². The van der Waals surface area contributed by atoms with Gasteiger partial charge in [0.1, 0.15) is 5.82 Å². The Morgan fingerprint density at radius 1 is 1.59 bits per heavy atom. The van der Waals surface area contributed by atoms with Crippen LogP contribution in [0.4, 0.5) is 4.39 Å². The quantitative estimate of drug-likeness (QED) is 0.790. The average molecular weight is 296 g/mol. The third-order valence-corrected chi connectivity index (χ3v) is 4.13. The third-order valence-electron chi connectivity index (χ3n) is 3.64. The van der Waals surface area contributed by atoms with Crippen molar-refractivity contribution >= 4 is 15.9 Å². The van der Waals surface area contributed by atoms with E-state index < -0.39 is 0 Å². The minimum atomic E-state index is -0.353. The summed E-state index contributed by atoms with van der Waals surface area (Å²) in [6, 6.07) is 7.51. The molecule has 1 aliphatic rings. The van der Waals surface area contributed by atoms with Crippen LogP contribution in [-0.2, 0) is 6.42 Å². The third kappa shape index (κ3) is 2.69. The second kappa shape index (κ2) is 4.78. The van der Waals surface area contributed by atoms with Gasteiger partial charge < -0.3 is 0 Å². The van der Waals surface area contributed by atoms with Gasteiger partial charge >= 0.3 is 0 Å². The molecular weight excluding hydrogens is 281 g/mol. The van der Waals surface area contributed by atoms with Gasteiger partial charge in [0.05, 0.1) is 11.5 Å². The number of nitriles is 1. The Balaban J connectivity index is 2.22. The molecule has 2 atom stereocenters. The van der Waals surface area contributed by atoms with E-state index in [9.17, 15) is 9.65 Å². The van der Waals surface area contributed by atoms with Crippen LogP contribution in [0.2, 0.25) is 0 Å². The van der Waals surface area contributed by atoms with Crippen molar-refractivity contribution in [2.75, 3.05) is 0 Å². The molecule has 1 fully saturated rings. The van der Waals surface area contributed by atoms with E-state index in [0.29, 0.717) is 17.9 Å². The molecule has 17 heavy (non-hydrogen) atoms. The van der Waals surface area contributed by atoms with Gasteiger partial charge in [-0.05, 0) is 49.3 Å². The van der Waals surface area contributed by atoms with E-state index in [2.05, 4.69) is 28.9 Å². The molecule has 0 saturated heterocycles. The van der Waals surface area contributed by atoms with E-state index in [1.54, 1.807) is 6.07 Å². The first kappa shape index (κ1) is 12.6. The van der Waals surface area contributed by atoms with Crippen molar-refractivity contribution in [3.8, 4) is 6.07 Å². The predicted molar refractivity (Wildman–Crippen MR) is 68.9 cm³/mol. The van der Waals surface area contributed by atoms with E-state index in [1.165, 1.54) is 6.07 Å². The molecule has 0 radical (unpaired) electrons. The standard InChI is InChI=1S/C14H15BrFN/c1-10-4-5-14(7-10,9-17)8-11-2-3-12(15)6-13(11)16/h2-3,6,10H,4-5,7-8H2,1H3. The van der Waals surface area contributed by atoms with E-state index in [4.69, 9.17) is 0 Å². The molecule has 0 bridgehead atoms. The van der Waals surface area contributed by atoms with Crippen LogP contribution >= 0.6 is 15.9 Å². The largest absolute Gasteiger partial charge is 0.207 e. The van der Waals surface area contributed by atoms with Gasteiger partial charge in [-0.25, -0.2) is 4.39 Å². The Morgan fingerprint density at radius 2 is 2.35 bits per heavy atom. The SMILES string of the molecule is CC1CCC(C#N)(Cc2ccc(Br)cc2F)C1. The van der Waals surface area contributed by atoms with Gasteiger partial charge in [-0.15, -0.1) is 0 Å². The van der Waals surface area contributed by atoms with Crippen LogP contribution in [0.1, 0.15) is 31.7 Å². The van der Waals surface area contributed by atoms with Crippen LogP contribution in [0.15, 0.2) is 22.7 Å². The van der Waals surface area contributed by atoms with E-state index in [1.807, 2.05) is 6.07 Å². The topological polar surface area (TPSA) is 23.8 Å². The molecular formula is C14H15BrFN. The average Bonchev–Trinajstić information content (AvgIpc) is 2.65. The van der Waals surface area contributed by atoms with Crippen LogP contribution in [0, 0.1) is 28.5 Å². The highest BCUT2D eigenvalue weighted by atomic mass is 79.9. The minimum absolute atomic E-state index is 0.214. The highest BCUT2D eigenvalue weighted by molar-refractivity contribution is 9.10. The molecule has 0 heterocycles. The molecule has 0 aromatic heterocycles. The molecule has 1 saturated carbocycles. The molecule has 0 spiro atoms. The molecule has 90 valence electrons. The summed E-state index contributed by atoms with van der Waals surface area (Å²) < 4.78 is 14.5. The zero-order chi connectivity index (χ0) is 12.5. The minimum Gasteiger partial charge on any atom is -0.207 e. The van der Waals surface area contributed by atoms with Crippen molar-refractivity contribution in [1.82, 2.24) is 0 Å². The van der Waals surface area contributed by atoms with Gasteiger partial charge in [0.25, 0.3) is 0 Å². The maximum absolute atomic E-state index is 13.8. The predicted octanol–water partition coefficient (Wildman–Crippen LogP) is 4.46. The van der Waals surface area contributed by atoms with Crippen molar-refractivity contribution in [3.05, 3.63) is 34.1 Å². The zero-order valence-corrected chi connectivity index (χ0v) is 11.4. The summed E-state index contributed by atoms with van der Waals surface area (Å²) >= 11 is 3.24. The Morgan fingerprint density at radius 3 is 2.88 bits per heavy atom. The molecule has 0 N–H and O–H groups in total. The summed E-state index contributed by atoms with van der Waals surface area (Å²) in [6.45, 7) is 2.16. The first-order valence-electron chi connectivity index (χ1n) is 5.90. The van der Waals surface area contributed by atoms with Crippen LogP contribution in [0.25, 0.3) is 0 Å². The first-order chi connectivity index (χ1) is 8.04. The Labute approximate surface area is 110 Å². The molecule has 1 nitrogen and oxygen atoms in total. The van der Waals surface area contributed by atoms with Crippen molar-refractivity contribution in [1.29, 1.82) is 5.26 Å². The maximum Gasteiger partial charge on any atom is 0.127 e. The summed E-state index contributed by atoms with van der Waals surface area (Å²) in [5.74, 6) is 0.363. The lowest BCUT2D eigenvalue weighted by atomic mass is 9.81. The van der Waals surface area contributed by atoms with Crippen molar-refractivity contribution in [2.45, 2.75) is 32.6 Å². The summed E-state index contributed by atoms with van der Waals surface area (Å²) in [5, 5.41) is 9.36. The second-order valence-electron chi connectivity index (χ2n) is 5.15. The Bertz CT molecular complexity index is 466. The zero-order valence-electron chi connectivity index (χ0n) is 9.84. The molecule has 1 aromatic carbocycles. The number of nitrogens with zero attached hydrogens (tertiary/aromatic N) is 1. The fourth-order valence-corrected chi connectivity index (χ4v) is 3.06. The van der Waals surface area contributed by atoms with Crippen molar-refractivity contribution < 1.29 is 4.39 Å². The number of halogens is 2. The number of benzene rings is 1. The Hall–Kier alpha value is -0.880. The summed E-state index contributed by atoms with van der Waals surface area (Å²) in [7, 11) is 0.